The molecule has 1 aliphatic rings. The molecular formula is C14H19ClN2O2S. The molecule has 0 spiro atoms. The topological polar surface area (TPSA) is 49.4 Å². The van der Waals surface area contributed by atoms with Gasteiger partial charge in [0.1, 0.15) is 6.04 Å². The number of halogens is 1. The molecule has 2 rings (SSSR count). The first-order valence-corrected chi connectivity index (χ1v) is 8.07. The van der Waals surface area contributed by atoms with Crippen molar-refractivity contribution in [2.24, 2.45) is 5.92 Å². The zero-order valence-electron chi connectivity index (χ0n) is 11.7. The maximum atomic E-state index is 12.6. The lowest BCUT2D eigenvalue weighted by Crippen LogP contribution is -2.47. The first-order chi connectivity index (χ1) is 9.49. The van der Waals surface area contributed by atoms with Crippen LogP contribution in [0.2, 0.25) is 5.02 Å². The van der Waals surface area contributed by atoms with Crippen molar-refractivity contribution in [3.05, 3.63) is 21.3 Å². The Hall–Kier alpha value is -1.07. The molecule has 0 bridgehead atoms. The van der Waals surface area contributed by atoms with Crippen molar-refractivity contribution in [2.75, 3.05) is 13.1 Å². The lowest BCUT2D eigenvalue weighted by Gasteiger charge is -2.29. The normalized spacial score (nSPS) is 19.9. The summed E-state index contributed by atoms with van der Waals surface area (Å²) in [7, 11) is 0. The molecule has 2 heterocycles. The van der Waals surface area contributed by atoms with Crippen molar-refractivity contribution in [1.29, 1.82) is 0 Å². The van der Waals surface area contributed by atoms with E-state index in [-0.39, 0.29) is 17.9 Å². The van der Waals surface area contributed by atoms with Crippen LogP contribution in [0.25, 0.3) is 0 Å². The monoisotopic (exact) mass is 314 g/mol. The highest BCUT2D eigenvalue weighted by molar-refractivity contribution is 7.12. The van der Waals surface area contributed by atoms with Gasteiger partial charge in [-0.25, -0.2) is 0 Å². The molecule has 1 saturated heterocycles. The van der Waals surface area contributed by atoms with Crippen LogP contribution in [0, 0.1) is 5.92 Å². The maximum absolute atomic E-state index is 12.6. The highest BCUT2D eigenvalue weighted by atomic mass is 35.5. The number of amides is 2. The lowest BCUT2D eigenvalue weighted by atomic mass is 10.0. The molecule has 0 aromatic carbocycles. The van der Waals surface area contributed by atoms with E-state index in [1.807, 2.05) is 0 Å². The van der Waals surface area contributed by atoms with Crippen molar-refractivity contribution in [1.82, 2.24) is 10.2 Å². The summed E-state index contributed by atoms with van der Waals surface area (Å²) in [6, 6.07) is 1.29. The summed E-state index contributed by atoms with van der Waals surface area (Å²) in [6.45, 7) is 5.35. The average Bonchev–Trinajstić information content (AvgIpc) is 2.74. The van der Waals surface area contributed by atoms with Crippen LogP contribution in [-0.4, -0.2) is 35.8 Å². The molecule has 1 unspecified atom stereocenters. The van der Waals surface area contributed by atoms with E-state index in [4.69, 9.17) is 11.6 Å². The van der Waals surface area contributed by atoms with E-state index in [1.165, 1.54) is 11.3 Å². The Morgan fingerprint density at radius 3 is 2.95 bits per heavy atom. The molecule has 2 amide bonds. The van der Waals surface area contributed by atoms with E-state index in [2.05, 4.69) is 19.2 Å². The Bertz CT molecular complexity index is 501. The van der Waals surface area contributed by atoms with Gasteiger partial charge in [0, 0.05) is 18.5 Å². The molecule has 0 saturated carbocycles. The zero-order valence-corrected chi connectivity index (χ0v) is 13.3. The van der Waals surface area contributed by atoms with E-state index in [9.17, 15) is 9.59 Å². The third-order valence-electron chi connectivity index (χ3n) is 3.29. The van der Waals surface area contributed by atoms with E-state index >= 15 is 0 Å². The maximum Gasteiger partial charge on any atom is 0.264 e. The minimum Gasteiger partial charge on any atom is -0.354 e. The van der Waals surface area contributed by atoms with Gasteiger partial charge in [0.25, 0.3) is 5.91 Å². The number of carbonyl (C=O) groups is 2. The highest BCUT2D eigenvalue weighted by Gasteiger charge is 2.32. The Balaban J connectivity index is 2.24. The van der Waals surface area contributed by atoms with Crippen LogP contribution in [0.3, 0.4) is 0 Å². The second-order valence-corrected chi connectivity index (χ2v) is 6.77. The smallest absolute Gasteiger partial charge is 0.264 e. The van der Waals surface area contributed by atoms with Crippen LogP contribution in [0.4, 0.5) is 0 Å². The number of carbonyl (C=O) groups excluding carboxylic acids is 2. The summed E-state index contributed by atoms with van der Waals surface area (Å²) in [5, 5.41) is 5.19. The van der Waals surface area contributed by atoms with E-state index in [0.717, 1.165) is 6.42 Å². The Labute approximate surface area is 128 Å². The van der Waals surface area contributed by atoms with Crippen LogP contribution in [-0.2, 0) is 4.79 Å². The molecule has 1 aromatic heterocycles. The Morgan fingerprint density at radius 2 is 2.35 bits per heavy atom. The van der Waals surface area contributed by atoms with Crippen LogP contribution in [0.5, 0.6) is 0 Å². The largest absolute Gasteiger partial charge is 0.354 e. The quantitative estimate of drug-likeness (QED) is 0.932. The third kappa shape index (κ3) is 3.52. The minimum absolute atomic E-state index is 0.0489. The van der Waals surface area contributed by atoms with E-state index < -0.39 is 0 Å². The summed E-state index contributed by atoms with van der Waals surface area (Å²) in [4.78, 5) is 27.1. The van der Waals surface area contributed by atoms with Crippen molar-refractivity contribution in [3.63, 3.8) is 0 Å². The fraction of sp³-hybridized carbons (Fsp3) is 0.571. The van der Waals surface area contributed by atoms with Gasteiger partial charge in [-0.15, -0.1) is 11.3 Å². The fourth-order valence-electron chi connectivity index (χ4n) is 2.37. The first kappa shape index (κ1) is 15.3. The summed E-state index contributed by atoms with van der Waals surface area (Å²) in [5.74, 6) is 0.211. The summed E-state index contributed by atoms with van der Waals surface area (Å²) < 4.78 is 0. The van der Waals surface area contributed by atoms with Crippen molar-refractivity contribution in [3.8, 4) is 0 Å². The van der Waals surface area contributed by atoms with Gasteiger partial charge < -0.3 is 10.2 Å². The van der Waals surface area contributed by atoms with Gasteiger partial charge in [-0.2, -0.15) is 0 Å². The molecule has 1 atom stereocenters. The van der Waals surface area contributed by atoms with Gasteiger partial charge in [0.05, 0.1) is 9.90 Å². The van der Waals surface area contributed by atoms with Gasteiger partial charge in [0.15, 0.2) is 0 Å². The van der Waals surface area contributed by atoms with Crippen molar-refractivity contribution < 1.29 is 9.59 Å². The molecule has 20 heavy (non-hydrogen) atoms. The molecule has 4 nitrogen and oxygen atoms in total. The van der Waals surface area contributed by atoms with Gasteiger partial charge in [-0.1, -0.05) is 25.4 Å². The second-order valence-electron chi connectivity index (χ2n) is 5.42. The average molecular weight is 315 g/mol. The van der Waals surface area contributed by atoms with Gasteiger partial charge >= 0.3 is 0 Å². The summed E-state index contributed by atoms with van der Waals surface area (Å²) >= 11 is 7.21. The number of nitrogens with one attached hydrogen (secondary N) is 1. The molecule has 1 aromatic rings. The molecule has 0 radical (unpaired) electrons. The number of hydrogen-bond donors (Lipinski definition) is 1. The molecule has 1 N–H and O–H groups in total. The molecule has 110 valence electrons. The SMILES string of the molecule is CC(C)CC1C(=O)NCCCN1C(=O)c1cc(Cl)cs1. The van der Waals surface area contributed by atoms with Gasteiger partial charge in [0.2, 0.25) is 5.91 Å². The predicted molar refractivity (Wildman–Crippen MR) is 81.2 cm³/mol. The number of hydrogen-bond acceptors (Lipinski definition) is 3. The van der Waals surface area contributed by atoms with Crippen LogP contribution in [0.1, 0.15) is 36.4 Å². The first-order valence-electron chi connectivity index (χ1n) is 6.81. The Kier molecular flexibility index (Phi) is 5.05. The predicted octanol–water partition coefficient (Wildman–Crippen LogP) is 2.78. The molecule has 0 aliphatic carbocycles. The highest BCUT2D eigenvalue weighted by Crippen LogP contribution is 2.24. The number of nitrogens with zero attached hydrogens (tertiary/aromatic N) is 1. The van der Waals surface area contributed by atoms with Crippen LogP contribution < -0.4 is 5.32 Å². The zero-order chi connectivity index (χ0) is 14.7. The van der Waals surface area contributed by atoms with Gasteiger partial charge in [-0.3, -0.25) is 9.59 Å². The van der Waals surface area contributed by atoms with Gasteiger partial charge in [-0.05, 0) is 24.8 Å². The number of rotatable bonds is 3. The molecule has 6 heteroatoms. The number of thiophene rings is 1. The summed E-state index contributed by atoms with van der Waals surface area (Å²) in [6.07, 6.45) is 1.46. The lowest BCUT2D eigenvalue weighted by molar-refractivity contribution is -0.125. The van der Waals surface area contributed by atoms with Crippen LogP contribution >= 0.6 is 22.9 Å². The Morgan fingerprint density at radius 1 is 1.60 bits per heavy atom. The van der Waals surface area contributed by atoms with E-state index in [1.54, 1.807) is 16.3 Å². The van der Waals surface area contributed by atoms with Crippen molar-refractivity contribution >= 4 is 34.8 Å². The molecular weight excluding hydrogens is 296 g/mol. The van der Waals surface area contributed by atoms with Crippen LogP contribution in [0.15, 0.2) is 11.4 Å². The van der Waals surface area contributed by atoms with Crippen molar-refractivity contribution in [2.45, 2.75) is 32.7 Å². The molecule has 1 fully saturated rings. The fourth-order valence-corrected chi connectivity index (χ4v) is 3.39. The van der Waals surface area contributed by atoms with E-state index in [0.29, 0.717) is 35.3 Å². The third-order valence-corrected chi connectivity index (χ3v) is 4.55. The molecule has 1 aliphatic heterocycles. The minimum atomic E-state index is -0.383. The second kappa shape index (κ2) is 6.59. The summed E-state index contributed by atoms with van der Waals surface area (Å²) in [5.41, 5.74) is 0. The standard InChI is InChI=1S/C14H19ClN2O2S/c1-9(2)6-11-13(18)16-4-3-5-17(11)14(19)12-7-10(15)8-20-12/h7-9,11H,3-6H2,1-2H3,(H,16,18).